The van der Waals surface area contributed by atoms with Crippen LogP contribution in [-0.2, 0) is 6.42 Å². The van der Waals surface area contributed by atoms with Crippen LogP contribution in [0.3, 0.4) is 0 Å². The summed E-state index contributed by atoms with van der Waals surface area (Å²) in [6, 6.07) is 12.5. The zero-order valence-corrected chi connectivity index (χ0v) is 16.9. The predicted octanol–water partition coefficient (Wildman–Crippen LogP) is 5.97. The van der Waals surface area contributed by atoms with E-state index < -0.39 is 5.97 Å². The molecule has 0 unspecified atom stereocenters. The highest BCUT2D eigenvalue weighted by Crippen LogP contribution is 2.26. The summed E-state index contributed by atoms with van der Waals surface area (Å²) in [6.07, 6.45) is 1.74. The Hall–Kier alpha value is -2.30. The molecule has 1 aromatic heterocycles. The molecule has 0 radical (unpaired) electrons. The van der Waals surface area contributed by atoms with Crippen molar-refractivity contribution in [3.63, 3.8) is 0 Å². The quantitative estimate of drug-likeness (QED) is 0.493. The van der Waals surface area contributed by atoms with Crippen LogP contribution in [0.15, 0.2) is 42.5 Å². The number of aryl methyl sites for hydroxylation is 3. The monoisotopic (exact) mass is 402 g/mol. The first-order chi connectivity index (χ1) is 12.9. The largest absolute Gasteiger partial charge is 0.404 e. The molecule has 0 fully saturated rings. The fourth-order valence-electron chi connectivity index (χ4n) is 2.90. The molecule has 6 heteroatoms. The maximum atomic E-state index is 12.6. The van der Waals surface area contributed by atoms with Gasteiger partial charge >= 0.3 is 5.97 Å². The predicted molar refractivity (Wildman–Crippen MR) is 108 cm³/mol. The first-order valence-corrected chi connectivity index (χ1v) is 9.48. The average molecular weight is 403 g/mol. The first kappa shape index (κ1) is 19.5. The summed E-state index contributed by atoms with van der Waals surface area (Å²) < 4.78 is 7.32. The summed E-state index contributed by atoms with van der Waals surface area (Å²) in [5.74, 6) is -0.167. The molecular weight excluding hydrogens is 383 g/mol. The summed E-state index contributed by atoms with van der Waals surface area (Å²) in [6.45, 7) is 6.12. The van der Waals surface area contributed by atoms with Crippen LogP contribution < -0.4 is 4.74 Å². The van der Waals surface area contributed by atoms with E-state index in [0.29, 0.717) is 15.9 Å². The smallest absolute Gasteiger partial charge is 0.344 e. The molecule has 3 rings (SSSR count). The molecule has 0 saturated carbocycles. The van der Waals surface area contributed by atoms with Gasteiger partial charge in [-0.05, 0) is 50.1 Å². The highest BCUT2D eigenvalue weighted by atomic mass is 35.5. The van der Waals surface area contributed by atoms with Crippen LogP contribution in [0.2, 0.25) is 10.0 Å². The van der Waals surface area contributed by atoms with Crippen molar-refractivity contribution in [3.05, 3.63) is 74.9 Å². The number of carbonyl (C=O) groups is 1. The molecule has 140 valence electrons. The second kappa shape index (κ2) is 8.15. The van der Waals surface area contributed by atoms with E-state index in [4.69, 9.17) is 27.9 Å². The number of hydrogen-bond donors (Lipinski definition) is 0. The molecule has 0 aliphatic heterocycles. The lowest BCUT2D eigenvalue weighted by Crippen LogP contribution is -2.12. The maximum Gasteiger partial charge on any atom is 0.344 e. The number of benzene rings is 2. The van der Waals surface area contributed by atoms with E-state index in [1.165, 1.54) is 12.1 Å². The highest BCUT2D eigenvalue weighted by Gasteiger charge is 2.18. The van der Waals surface area contributed by atoms with Gasteiger partial charge in [-0.15, -0.1) is 0 Å². The van der Waals surface area contributed by atoms with Gasteiger partial charge in [-0.3, -0.25) is 0 Å². The van der Waals surface area contributed by atoms with Crippen molar-refractivity contribution in [1.29, 1.82) is 0 Å². The van der Waals surface area contributed by atoms with Crippen LogP contribution in [0, 0.1) is 13.8 Å². The second-order valence-corrected chi connectivity index (χ2v) is 7.35. The Morgan fingerprint density at radius 1 is 1.07 bits per heavy atom. The van der Waals surface area contributed by atoms with Crippen molar-refractivity contribution >= 4 is 29.2 Å². The minimum atomic E-state index is -0.534. The van der Waals surface area contributed by atoms with Crippen LogP contribution in [0.5, 0.6) is 5.88 Å². The van der Waals surface area contributed by atoms with Gasteiger partial charge in [-0.2, -0.15) is 5.10 Å². The SMILES string of the molecule is CCCc1cc(OC(=O)c2cc(Cl)cc(Cl)c2)n(-c2ccc(C)cc2C)n1. The molecule has 0 amide bonds. The second-order valence-electron chi connectivity index (χ2n) is 6.47. The van der Waals surface area contributed by atoms with Gasteiger partial charge in [0.15, 0.2) is 0 Å². The standard InChI is InChI=1S/C21H20Cl2N2O2/c1-4-5-18-12-20(25(24-18)19-7-6-13(2)8-14(19)3)27-21(26)15-9-16(22)11-17(23)10-15/h6-12H,4-5H2,1-3H3. The summed E-state index contributed by atoms with van der Waals surface area (Å²) in [7, 11) is 0. The van der Waals surface area contributed by atoms with E-state index in [1.807, 2.05) is 26.0 Å². The molecule has 4 nitrogen and oxygen atoms in total. The summed E-state index contributed by atoms with van der Waals surface area (Å²) in [5.41, 5.74) is 4.23. The molecule has 0 atom stereocenters. The number of esters is 1. The molecule has 0 spiro atoms. The fraction of sp³-hybridized carbons (Fsp3) is 0.238. The molecule has 1 heterocycles. The van der Waals surface area contributed by atoms with E-state index in [-0.39, 0.29) is 5.56 Å². The molecule has 0 saturated heterocycles. The molecule has 0 bridgehead atoms. The topological polar surface area (TPSA) is 44.1 Å². The number of ether oxygens (including phenoxy) is 1. The zero-order chi connectivity index (χ0) is 19.6. The van der Waals surface area contributed by atoms with Gasteiger partial charge in [0, 0.05) is 16.1 Å². The van der Waals surface area contributed by atoms with Crippen LogP contribution in [0.1, 0.15) is 40.5 Å². The van der Waals surface area contributed by atoms with Crippen LogP contribution in [-0.4, -0.2) is 15.7 Å². The molecule has 0 aliphatic carbocycles. The van der Waals surface area contributed by atoms with Crippen LogP contribution in [0.25, 0.3) is 5.69 Å². The van der Waals surface area contributed by atoms with Crippen LogP contribution >= 0.6 is 23.2 Å². The van der Waals surface area contributed by atoms with Crippen molar-refractivity contribution in [2.45, 2.75) is 33.6 Å². The Morgan fingerprint density at radius 3 is 2.41 bits per heavy atom. The van der Waals surface area contributed by atoms with Crippen molar-refractivity contribution in [3.8, 4) is 11.6 Å². The normalized spacial score (nSPS) is 10.9. The third kappa shape index (κ3) is 4.52. The van der Waals surface area contributed by atoms with Gasteiger partial charge in [0.05, 0.1) is 16.9 Å². The van der Waals surface area contributed by atoms with Crippen molar-refractivity contribution < 1.29 is 9.53 Å². The van der Waals surface area contributed by atoms with E-state index in [9.17, 15) is 4.79 Å². The van der Waals surface area contributed by atoms with Crippen molar-refractivity contribution in [2.24, 2.45) is 0 Å². The lowest BCUT2D eigenvalue weighted by molar-refractivity contribution is 0.0723. The number of hydrogen-bond acceptors (Lipinski definition) is 3. The van der Waals surface area contributed by atoms with Gasteiger partial charge in [-0.25, -0.2) is 9.48 Å². The number of nitrogens with zero attached hydrogens (tertiary/aromatic N) is 2. The molecule has 0 N–H and O–H groups in total. The Balaban J connectivity index is 2.00. The van der Waals surface area contributed by atoms with Gasteiger partial charge in [-0.1, -0.05) is 54.2 Å². The van der Waals surface area contributed by atoms with Gasteiger partial charge < -0.3 is 4.74 Å². The van der Waals surface area contributed by atoms with E-state index in [1.54, 1.807) is 16.8 Å². The van der Waals surface area contributed by atoms with Crippen molar-refractivity contribution in [1.82, 2.24) is 9.78 Å². The Bertz CT molecular complexity index is 976. The maximum absolute atomic E-state index is 12.6. The third-order valence-electron chi connectivity index (χ3n) is 4.11. The number of halogens is 2. The van der Waals surface area contributed by atoms with E-state index in [2.05, 4.69) is 18.1 Å². The molecule has 2 aromatic carbocycles. The number of aromatic nitrogens is 2. The Labute approximate surface area is 168 Å². The lowest BCUT2D eigenvalue weighted by Gasteiger charge is -2.11. The molecule has 0 aliphatic rings. The molecular formula is C21H20Cl2N2O2. The molecule has 27 heavy (non-hydrogen) atoms. The zero-order valence-electron chi connectivity index (χ0n) is 15.4. The Kier molecular flexibility index (Phi) is 5.88. The number of carbonyl (C=O) groups excluding carboxylic acids is 1. The van der Waals surface area contributed by atoms with Crippen LogP contribution in [0.4, 0.5) is 0 Å². The summed E-state index contributed by atoms with van der Waals surface area (Å²) >= 11 is 12.0. The summed E-state index contributed by atoms with van der Waals surface area (Å²) in [4.78, 5) is 12.6. The molecule has 3 aromatic rings. The lowest BCUT2D eigenvalue weighted by atomic mass is 10.1. The van der Waals surface area contributed by atoms with E-state index >= 15 is 0 Å². The Morgan fingerprint density at radius 2 is 1.78 bits per heavy atom. The minimum absolute atomic E-state index is 0.290. The van der Waals surface area contributed by atoms with Gasteiger partial charge in [0.2, 0.25) is 5.88 Å². The number of rotatable bonds is 5. The van der Waals surface area contributed by atoms with E-state index in [0.717, 1.165) is 35.3 Å². The van der Waals surface area contributed by atoms with Gasteiger partial charge in [0.25, 0.3) is 0 Å². The average Bonchev–Trinajstić information content (AvgIpc) is 2.96. The highest BCUT2D eigenvalue weighted by molar-refractivity contribution is 6.35. The summed E-state index contributed by atoms with van der Waals surface area (Å²) in [5, 5.41) is 5.39. The third-order valence-corrected chi connectivity index (χ3v) is 4.55. The minimum Gasteiger partial charge on any atom is -0.404 e. The van der Waals surface area contributed by atoms with Gasteiger partial charge in [0.1, 0.15) is 0 Å². The first-order valence-electron chi connectivity index (χ1n) is 8.72. The van der Waals surface area contributed by atoms with Crippen molar-refractivity contribution in [2.75, 3.05) is 0 Å². The fourth-order valence-corrected chi connectivity index (χ4v) is 3.43.